The first-order chi connectivity index (χ1) is 11.5. The summed E-state index contributed by atoms with van der Waals surface area (Å²) < 4.78 is 9.56. The molecule has 2 N–H and O–H groups in total. The molecular formula is C20H20O3S. The van der Waals surface area contributed by atoms with Crippen LogP contribution in [-0.2, 0) is 10.8 Å². The van der Waals surface area contributed by atoms with Gasteiger partial charge in [0.15, 0.2) is 0 Å². The fraction of sp³-hybridized carbons (Fsp3) is 0.100. The summed E-state index contributed by atoms with van der Waals surface area (Å²) in [7, 11) is -0.611. The minimum atomic E-state index is -0.611. The zero-order valence-electron chi connectivity index (χ0n) is 13.6. The average molecular weight is 340 g/mol. The van der Waals surface area contributed by atoms with Gasteiger partial charge in [0.1, 0.15) is 11.5 Å². The summed E-state index contributed by atoms with van der Waals surface area (Å²) in [5.41, 5.74) is 4.35. The summed E-state index contributed by atoms with van der Waals surface area (Å²) in [6, 6.07) is 22.5. The molecule has 0 aromatic heterocycles. The van der Waals surface area contributed by atoms with Gasteiger partial charge in [0.25, 0.3) is 0 Å². The predicted octanol–water partition coefficient (Wildman–Crippen LogP) is 4.43. The Morgan fingerprint density at radius 1 is 0.542 bits per heavy atom. The zero-order valence-corrected chi connectivity index (χ0v) is 14.5. The fourth-order valence-corrected chi connectivity index (χ4v) is 2.16. The highest BCUT2D eigenvalue weighted by molar-refractivity contribution is 7.83. The molecule has 3 rings (SSSR count). The van der Waals surface area contributed by atoms with E-state index in [1.165, 1.54) is 0 Å². The van der Waals surface area contributed by atoms with Gasteiger partial charge in [-0.25, -0.2) is 0 Å². The summed E-state index contributed by atoms with van der Waals surface area (Å²) in [5, 5.41) is 18.6. The molecule has 0 amide bonds. The van der Waals surface area contributed by atoms with Crippen LogP contribution in [0.5, 0.6) is 11.5 Å². The SMILES string of the molecule is CS(C)=O.Oc1ccc(-c2ccc(-c3ccc(O)cc3)cc2)cc1. The van der Waals surface area contributed by atoms with Crippen molar-refractivity contribution >= 4 is 10.8 Å². The van der Waals surface area contributed by atoms with Gasteiger partial charge in [-0.05, 0) is 46.5 Å². The van der Waals surface area contributed by atoms with E-state index >= 15 is 0 Å². The number of rotatable bonds is 2. The van der Waals surface area contributed by atoms with Gasteiger partial charge in [-0.1, -0.05) is 48.5 Å². The van der Waals surface area contributed by atoms with Crippen molar-refractivity contribution in [3.8, 4) is 33.8 Å². The number of benzene rings is 3. The quantitative estimate of drug-likeness (QED) is 0.726. The van der Waals surface area contributed by atoms with E-state index in [0.717, 1.165) is 22.3 Å². The standard InChI is InChI=1S/C18H14O2.C2H6OS/c19-17-9-5-15(6-10-17)13-1-2-14(4-3-13)16-7-11-18(20)12-8-16;1-4(2)3/h1-12,19-20H;1-2H3. The van der Waals surface area contributed by atoms with Crippen molar-refractivity contribution in [2.75, 3.05) is 12.5 Å². The molecular weight excluding hydrogens is 320 g/mol. The highest BCUT2D eigenvalue weighted by Gasteiger charge is 2.00. The van der Waals surface area contributed by atoms with Gasteiger partial charge >= 0.3 is 0 Å². The largest absolute Gasteiger partial charge is 0.508 e. The maximum absolute atomic E-state index is 9.56. The lowest BCUT2D eigenvalue weighted by molar-refractivity contribution is 0.475. The maximum Gasteiger partial charge on any atom is 0.115 e. The van der Waals surface area contributed by atoms with Crippen LogP contribution in [0.25, 0.3) is 22.3 Å². The topological polar surface area (TPSA) is 57.5 Å². The van der Waals surface area contributed by atoms with Crippen LogP contribution in [0.3, 0.4) is 0 Å². The first kappa shape index (κ1) is 17.8. The number of hydrogen-bond acceptors (Lipinski definition) is 3. The van der Waals surface area contributed by atoms with Crippen LogP contribution in [0.1, 0.15) is 0 Å². The minimum absolute atomic E-state index is 0.273. The summed E-state index contributed by atoms with van der Waals surface area (Å²) in [6.07, 6.45) is 3.28. The molecule has 0 aliphatic rings. The molecule has 0 bridgehead atoms. The molecule has 0 aliphatic heterocycles. The molecule has 0 fully saturated rings. The zero-order chi connectivity index (χ0) is 17.5. The van der Waals surface area contributed by atoms with E-state index in [-0.39, 0.29) is 11.5 Å². The van der Waals surface area contributed by atoms with Crippen LogP contribution in [0.2, 0.25) is 0 Å². The summed E-state index contributed by atoms with van der Waals surface area (Å²) in [4.78, 5) is 0. The van der Waals surface area contributed by atoms with Gasteiger partial charge in [-0.3, -0.25) is 4.21 Å². The molecule has 0 heterocycles. The second-order valence-electron chi connectivity index (χ2n) is 5.41. The molecule has 0 radical (unpaired) electrons. The lowest BCUT2D eigenvalue weighted by Gasteiger charge is -2.05. The summed E-state index contributed by atoms with van der Waals surface area (Å²) in [6.45, 7) is 0. The lowest BCUT2D eigenvalue weighted by atomic mass is 10.0. The van der Waals surface area contributed by atoms with E-state index in [1.54, 1.807) is 36.8 Å². The molecule has 0 unspecified atom stereocenters. The maximum atomic E-state index is 9.56. The average Bonchev–Trinajstić information content (AvgIpc) is 2.56. The van der Waals surface area contributed by atoms with Crippen molar-refractivity contribution in [3.05, 3.63) is 72.8 Å². The Kier molecular flexibility index (Phi) is 6.15. The smallest absolute Gasteiger partial charge is 0.115 e. The van der Waals surface area contributed by atoms with Gasteiger partial charge < -0.3 is 10.2 Å². The molecule has 3 nitrogen and oxygen atoms in total. The molecule has 3 aromatic rings. The first-order valence-electron chi connectivity index (χ1n) is 7.39. The van der Waals surface area contributed by atoms with Crippen molar-refractivity contribution in [1.29, 1.82) is 0 Å². The third kappa shape index (κ3) is 5.25. The van der Waals surface area contributed by atoms with Gasteiger partial charge in [-0.2, -0.15) is 0 Å². The molecule has 0 atom stereocenters. The minimum Gasteiger partial charge on any atom is -0.508 e. The second kappa shape index (κ2) is 8.31. The number of phenolic OH excluding ortho intramolecular Hbond substituents is 2. The summed E-state index contributed by atoms with van der Waals surface area (Å²) >= 11 is 0. The normalized spacial score (nSPS) is 10.1. The van der Waals surface area contributed by atoms with E-state index in [9.17, 15) is 14.4 Å². The van der Waals surface area contributed by atoms with E-state index in [4.69, 9.17) is 0 Å². The molecule has 4 heteroatoms. The van der Waals surface area contributed by atoms with Gasteiger partial charge in [0, 0.05) is 23.3 Å². The van der Waals surface area contributed by atoms with Crippen LogP contribution in [0.15, 0.2) is 72.8 Å². The monoisotopic (exact) mass is 340 g/mol. The fourth-order valence-electron chi connectivity index (χ4n) is 2.16. The van der Waals surface area contributed by atoms with E-state index in [0.29, 0.717) is 0 Å². The molecule has 0 saturated heterocycles. The van der Waals surface area contributed by atoms with E-state index in [1.807, 2.05) is 24.3 Å². The molecule has 124 valence electrons. The van der Waals surface area contributed by atoms with E-state index in [2.05, 4.69) is 24.3 Å². The summed E-state index contributed by atoms with van der Waals surface area (Å²) in [5.74, 6) is 0.545. The third-order valence-electron chi connectivity index (χ3n) is 3.29. The first-order valence-corrected chi connectivity index (χ1v) is 9.36. The van der Waals surface area contributed by atoms with Gasteiger partial charge in [-0.15, -0.1) is 0 Å². The van der Waals surface area contributed by atoms with Gasteiger partial charge in [0.2, 0.25) is 0 Å². The van der Waals surface area contributed by atoms with Crippen molar-refractivity contribution in [2.24, 2.45) is 0 Å². The van der Waals surface area contributed by atoms with Crippen molar-refractivity contribution in [1.82, 2.24) is 0 Å². The Morgan fingerprint density at radius 3 is 0.917 bits per heavy atom. The third-order valence-corrected chi connectivity index (χ3v) is 3.29. The van der Waals surface area contributed by atoms with E-state index < -0.39 is 10.8 Å². The van der Waals surface area contributed by atoms with Crippen LogP contribution in [0.4, 0.5) is 0 Å². The van der Waals surface area contributed by atoms with Crippen LogP contribution in [0, 0.1) is 0 Å². The highest BCUT2D eigenvalue weighted by atomic mass is 32.2. The number of hydrogen-bond donors (Lipinski definition) is 2. The molecule has 0 saturated carbocycles. The van der Waals surface area contributed by atoms with Crippen LogP contribution in [-0.4, -0.2) is 26.9 Å². The van der Waals surface area contributed by atoms with Crippen molar-refractivity contribution in [3.63, 3.8) is 0 Å². The Balaban J connectivity index is 0.000000471. The van der Waals surface area contributed by atoms with Gasteiger partial charge in [0.05, 0.1) is 0 Å². The van der Waals surface area contributed by atoms with Crippen molar-refractivity contribution in [2.45, 2.75) is 0 Å². The highest BCUT2D eigenvalue weighted by Crippen LogP contribution is 2.26. The predicted molar refractivity (Wildman–Crippen MR) is 101 cm³/mol. The second-order valence-corrected chi connectivity index (χ2v) is 6.90. The molecule has 24 heavy (non-hydrogen) atoms. The number of phenols is 2. The Labute approximate surface area is 144 Å². The Hall–Kier alpha value is -2.59. The molecule has 0 spiro atoms. The van der Waals surface area contributed by atoms with Crippen LogP contribution < -0.4 is 0 Å². The lowest BCUT2D eigenvalue weighted by Crippen LogP contribution is -1.80. The number of aromatic hydroxyl groups is 2. The van der Waals surface area contributed by atoms with Crippen molar-refractivity contribution < 1.29 is 14.4 Å². The molecule has 0 aliphatic carbocycles. The van der Waals surface area contributed by atoms with Crippen LogP contribution >= 0.6 is 0 Å². The molecule has 3 aromatic carbocycles. The Bertz CT molecular complexity index is 723. The Morgan fingerprint density at radius 2 is 0.708 bits per heavy atom.